The van der Waals surface area contributed by atoms with Crippen molar-refractivity contribution in [1.82, 2.24) is 0 Å². The van der Waals surface area contributed by atoms with E-state index in [-0.39, 0.29) is 16.6 Å². The van der Waals surface area contributed by atoms with Gasteiger partial charge in [0.1, 0.15) is 10.5 Å². The zero-order valence-electron chi connectivity index (χ0n) is 17.6. The van der Waals surface area contributed by atoms with Crippen molar-refractivity contribution in [3.8, 4) is 0 Å². The lowest BCUT2D eigenvalue weighted by Crippen LogP contribution is -2.42. The molecule has 0 amide bonds. The number of aliphatic hydroxyl groups is 1. The molecule has 0 aliphatic rings. The summed E-state index contributed by atoms with van der Waals surface area (Å²) >= 11 is 0. The van der Waals surface area contributed by atoms with E-state index >= 15 is 0 Å². The van der Waals surface area contributed by atoms with Gasteiger partial charge < -0.3 is 9.22 Å². The summed E-state index contributed by atoms with van der Waals surface area (Å²) in [6, 6.07) is 0. The van der Waals surface area contributed by atoms with Crippen LogP contribution in [0, 0.1) is 5.41 Å². The summed E-state index contributed by atoms with van der Waals surface area (Å²) < 4.78 is 5.62. The largest absolute Gasteiger partial charge is 0.468 e. The van der Waals surface area contributed by atoms with Crippen LogP contribution in [-0.4, -0.2) is 31.5 Å². The second-order valence-electron chi connectivity index (χ2n) is 8.88. The molecule has 0 aliphatic heterocycles. The molecule has 0 spiro atoms. The van der Waals surface area contributed by atoms with E-state index in [1.807, 2.05) is 0 Å². The molecule has 0 radical (unpaired) electrons. The van der Waals surface area contributed by atoms with Gasteiger partial charge in [0.15, 0.2) is 9.76 Å². The third kappa shape index (κ3) is 9.74. The Labute approximate surface area is 158 Å². The third-order valence-corrected chi connectivity index (χ3v) is 8.95. The summed E-state index contributed by atoms with van der Waals surface area (Å²) in [5.74, 6) is 0. The van der Waals surface area contributed by atoms with Crippen molar-refractivity contribution in [2.45, 2.75) is 123 Å². The van der Waals surface area contributed by atoms with Gasteiger partial charge in [0, 0.05) is 0 Å². The maximum Gasteiger partial charge on any atom is 0.152 e. The second kappa shape index (κ2) is 13.5. The molecule has 0 bridgehead atoms. The van der Waals surface area contributed by atoms with Crippen LogP contribution >= 0.6 is 0 Å². The van der Waals surface area contributed by atoms with Gasteiger partial charge in [-0.2, -0.15) is 0 Å². The first-order chi connectivity index (χ1) is 11.3. The van der Waals surface area contributed by atoms with Crippen LogP contribution in [0.4, 0.5) is 0 Å². The standard InChI is InChI=1S/C20H46O2Si2/c1-6-7-8-9-10-11-12-13-14-15-16-17-18(21)19(2,3)20(4,5)24-22-23/h18,21H,6-17,24H2,1-5,23H3. The average molecular weight is 375 g/mol. The van der Waals surface area contributed by atoms with Gasteiger partial charge >= 0.3 is 0 Å². The molecule has 0 fully saturated rings. The molecule has 24 heavy (non-hydrogen) atoms. The number of aliphatic hydroxyl groups excluding tert-OH is 1. The van der Waals surface area contributed by atoms with E-state index < -0.39 is 9.76 Å². The van der Waals surface area contributed by atoms with Crippen LogP contribution in [0.15, 0.2) is 0 Å². The Bertz CT molecular complexity index is 293. The minimum Gasteiger partial charge on any atom is -0.468 e. The zero-order valence-corrected chi connectivity index (χ0v) is 21.0. The summed E-state index contributed by atoms with van der Waals surface area (Å²) in [5.41, 5.74) is -0.0396. The van der Waals surface area contributed by atoms with Gasteiger partial charge in [-0.05, 0) is 16.9 Å². The van der Waals surface area contributed by atoms with Crippen molar-refractivity contribution in [3.05, 3.63) is 0 Å². The Kier molecular flexibility index (Phi) is 13.7. The highest BCUT2D eigenvalue weighted by Crippen LogP contribution is 2.47. The molecule has 1 atom stereocenters. The molecule has 0 aromatic heterocycles. The van der Waals surface area contributed by atoms with Gasteiger partial charge in [-0.3, -0.25) is 0 Å². The predicted octanol–water partition coefficient (Wildman–Crippen LogP) is 4.65. The Morgan fingerprint density at radius 2 is 1.25 bits per heavy atom. The molecule has 0 heterocycles. The minimum atomic E-state index is -0.546. The molecule has 0 saturated heterocycles. The maximum absolute atomic E-state index is 10.7. The predicted molar refractivity (Wildman–Crippen MR) is 114 cm³/mol. The summed E-state index contributed by atoms with van der Waals surface area (Å²) in [4.78, 5) is 0. The van der Waals surface area contributed by atoms with Crippen molar-refractivity contribution < 1.29 is 9.22 Å². The highest BCUT2D eigenvalue weighted by atomic mass is 28.3. The molecule has 4 heteroatoms. The monoisotopic (exact) mass is 374 g/mol. The van der Waals surface area contributed by atoms with Crippen molar-refractivity contribution in [1.29, 1.82) is 0 Å². The third-order valence-electron chi connectivity index (χ3n) is 6.16. The maximum atomic E-state index is 10.7. The van der Waals surface area contributed by atoms with Gasteiger partial charge in [0.05, 0.1) is 6.10 Å². The van der Waals surface area contributed by atoms with Crippen LogP contribution in [0.25, 0.3) is 0 Å². The molecule has 0 saturated carbocycles. The number of hydrogen-bond acceptors (Lipinski definition) is 2. The van der Waals surface area contributed by atoms with E-state index in [1.54, 1.807) is 0 Å². The first-order valence-electron chi connectivity index (χ1n) is 10.5. The number of hydrogen-bond donors (Lipinski definition) is 1. The SMILES string of the molecule is CCCCCCCCCCCCCC(O)C(C)(C)C(C)(C)[SiH2]O[SiH3]. The van der Waals surface area contributed by atoms with Crippen LogP contribution in [0.3, 0.4) is 0 Å². The molecule has 0 rings (SSSR count). The molecule has 0 aliphatic carbocycles. The smallest absolute Gasteiger partial charge is 0.152 e. The Hall–Kier alpha value is 0.354. The van der Waals surface area contributed by atoms with E-state index in [9.17, 15) is 5.11 Å². The fourth-order valence-corrected chi connectivity index (χ4v) is 6.86. The Morgan fingerprint density at radius 1 is 0.833 bits per heavy atom. The normalized spacial score (nSPS) is 14.8. The van der Waals surface area contributed by atoms with E-state index in [2.05, 4.69) is 34.6 Å². The van der Waals surface area contributed by atoms with E-state index in [1.165, 1.54) is 70.6 Å². The number of unbranched alkanes of at least 4 members (excludes halogenated alkanes) is 10. The lowest BCUT2D eigenvalue weighted by atomic mass is 9.73. The van der Waals surface area contributed by atoms with Gasteiger partial charge in [-0.15, -0.1) is 0 Å². The van der Waals surface area contributed by atoms with E-state index in [4.69, 9.17) is 4.12 Å². The first-order valence-corrected chi connectivity index (χ1v) is 12.6. The quantitative estimate of drug-likeness (QED) is 0.315. The Balaban J connectivity index is 3.70. The molecule has 0 aromatic carbocycles. The van der Waals surface area contributed by atoms with Crippen LogP contribution in [-0.2, 0) is 4.12 Å². The minimum absolute atomic E-state index is 0.0396. The lowest BCUT2D eigenvalue weighted by molar-refractivity contribution is 0.0132. The van der Waals surface area contributed by atoms with Gasteiger partial charge in [0.25, 0.3) is 0 Å². The molecule has 0 aromatic rings. The fraction of sp³-hybridized carbons (Fsp3) is 1.00. The molecular formula is C20H46O2Si2. The second-order valence-corrected chi connectivity index (χ2v) is 13.2. The summed E-state index contributed by atoms with van der Waals surface area (Å²) in [6.45, 7) is 11.3. The van der Waals surface area contributed by atoms with Gasteiger partial charge in [-0.25, -0.2) is 0 Å². The molecule has 2 nitrogen and oxygen atoms in total. The van der Waals surface area contributed by atoms with E-state index in [0.717, 1.165) is 16.9 Å². The summed E-state index contributed by atoms with van der Waals surface area (Å²) in [5, 5.41) is 10.8. The van der Waals surface area contributed by atoms with Crippen molar-refractivity contribution in [2.75, 3.05) is 0 Å². The van der Waals surface area contributed by atoms with Gasteiger partial charge in [0.2, 0.25) is 0 Å². The fourth-order valence-electron chi connectivity index (χ4n) is 3.36. The zero-order chi connectivity index (χ0) is 18.5. The van der Waals surface area contributed by atoms with Crippen LogP contribution in [0.2, 0.25) is 5.04 Å². The van der Waals surface area contributed by atoms with Crippen molar-refractivity contribution >= 4 is 20.2 Å². The van der Waals surface area contributed by atoms with Crippen LogP contribution in [0.5, 0.6) is 0 Å². The highest BCUT2D eigenvalue weighted by molar-refractivity contribution is 6.38. The van der Waals surface area contributed by atoms with E-state index in [0.29, 0.717) is 0 Å². The highest BCUT2D eigenvalue weighted by Gasteiger charge is 2.42. The van der Waals surface area contributed by atoms with Crippen molar-refractivity contribution in [3.63, 3.8) is 0 Å². The summed E-state index contributed by atoms with van der Waals surface area (Å²) in [7, 11) is 0.287. The number of rotatable bonds is 16. The molecule has 1 N–H and O–H groups in total. The van der Waals surface area contributed by atoms with Crippen LogP contribution in [0.1, 0.15) is 112 Å². The van der Waals surface area contributed by atoms with Crippen LogP contribution < -0.4 is 0 Å². The molecule has 146 valence electrons. The topological polar surface area (TPSA) is 29.5 Å². The summed E-state index contributed by atoms with van der Waals surface area (Å²) in [6.07, 6.45) is 15.7. The average Bonchev–Trinajstić information content (AvgIpc) is 2.52. The van der Waals surface area contributed by atoms with Gasteiger partial charge in [-0.1, -0.05) is 105 Å². The Morgan fingerprint density at radius 3 is 1.67 bits per heavy atom. The first kappa shape index (κ1) is 24.4. The molecular weight excluding hydrogens is 328 g/mol. The van der Waals surface area contributed by atoms with Crippen molar-refractivity contribution in [2.24, 2.45) is 5.41 Å². The molecule has 1 unspecified atom stereocenters. The lowest BCUT2D eigenvalue weighted by Gasteiger charge is -2.44.